The Hall–Kier alpha value is -1.39. The van der Waals surface area contributed by atoms with Gasteiger partial charge in [-0.25, -0.2) is 0 Å². The molecule has 2 rings (SSSR count). The minimum Gasteiger partial charge on any atom is -0.387 e. The number of piperidine rings is 1. The highest BCUT2D eigenvalue weighted by molar-refractivity contribution is 6.01. The summed E-state index contributed by atoms with van der Waals surface area (Å²) in [5.74, 6) is 0.408. The van der Waals surface area contributed by atoms with E-state index >= 15 is 0 Å². The van der Waals surface area contributed by atoms with Crippen LogP contribution in [-0.2, 0) is 9.59 Å². The number of aliphatic imine (C=N–C) groups is 1. The number of nitrogens with zero attached hydrogens (tertiary/aromatic N) is 1. The number of hydrogen-bond acceptors (Lipinski definition) is 3. The zero-order valence-corrected chi connectivity index (χ0v) is 9.24. The van der Waals surface area contributed by atoms with Crippen molar-refractivity contribution in [3.63, 3.8) is 0 Å². The highest BCUT2D eigenvalue weighted by Crippen LogP contribution is 2.25. The predicted octanol–water partition coefficient (Wildman–Crippen LogP) is 0.339. The molecule has 0 aromatic heterocycles. The average Bonchev–Trinajstić information content (AvgIpc) is 2.75. The molecule has 5 nitrogen and oxygen atoms in total. The Kier molecular flexibility index (Phi) is 3.22. The molecule has 16 heavy (non-hydrogen) atoms. The lowest BCUT2D eigenvalue weighted by Crippen LogP contribution is -2.44. The Bertz CT molecular complexity index is 332. The van der Waals surface area contributed by atoms with Crippen LogP contribution in [0.3, 0.4) is 0 Å². The molecule has 2 fully saturated rings. The lowest BCUT2D eigenvalue weighted by atomic mass is 10.0. The van der Waals surface area contributed by atoms with Crippen molar-refractivity contribution in [2.75, 3.05) is 0 Å². The van der Waals surface area contributed by atoms with Crippen LogP contribution in [0.15, 0.2) is 4.99 Å². The maximum Gasteiger partial charge on any atom is 0.251 e. The molecule has 1 aliphatic carbocycles. The van der Waals surface area contributed by atoms with Crippen molar-refractivity contribution < 1.29 is 9.59 Å². The van der Waals surface area contributed by atoms with E-state index in [-0.39, 0.29) is 11.8 Å². The molecule has 0 radical (unpaired) electrons. The van der Waals surface area contributed by atoms with Crippen molar-refractivity contribution in [2.24, 2.45) is 16.6 Å². The van der Waals surface area contributed by atoms with Crippen LogP contribution in [0.4, 0.5) is 0 Å². The Morgan fingerprint density at radius 1 is 1.25 bits per heavy atom. The number of hydrogen-bond donors (Lipinski definition) is 2. The molecule has 88 valence electrons. The maximum absolute atomic E-state index is 11.5. The Balaban J connectivity index is 1.99. The molecule has 0 spiro atoms. The third-order valence-electron chi connectivity index (χ3n) is 3.29. The SMILES string of the molecule is NC(=NC1CCC(=O)NC1=O)C1CCCC1. The third-order valence-corrected chi connectivity index (χ3v) is 3.29. The van der Waals surface area contributed by atoms with E-state index in [0.29, 0.717) is 24.6 Å². The van der Waals surface area contributed by atoms with Crippen LogP contribution in [0.25, 0.3) is 0 Å². The third kappa shape index (κ3) is 2.40. The molecule has 2 amide bonds. The van der Waals surface area contributed by atoms with E-state index in [4.69, 9.17) is 5.73 Å². The quantitative estimate of drug-likeness (QED) is 0.402. The minimum absolute atomic E-state index is 0.212. The van der Waals surface area contributed by atoms with E-state index in [1.165, 1.54) is 12.8 Å². The first kappa shape index (κ1) is 11.1. The molecule has 3 N–H and O–H groups in total. The minimum atomic E-state index is -0.460. The van der Waals surface area contributed by atoms with E-state index < -0.39 is 6.04 Å². The standard InChI is InChI=1S/C11H17N3O2/c12-10(7-3-1-2-4-7)13-8-5-6-9(15)14-11(8)16/h7-8H,1-6H2,(H2,12,13)(H,14,15,16). The van der Waals surface area contributed by atoms with Crippen LogP contribution in [0.5, 0.6) is 0 Å². The number of imide groups is 1. The lowest BCUT2D eigenvalue weighted by Gasteiger charge is -2.19. The number of amidine groups is 1. The fraction of sp³-hybridized carbons (Fsp3) is 0.727. The van der Waals surface area contributed by atoms with Gasteiger partial charge in [0, 0.05) is 12.3 Å². The number of nitrogens with one attached hydrogen (secondary N) is 1. The van der Waals surface area contributed by atoms with Gasteiger partial charge in [-0.15, -0.1) is 0 Å². The molecule has 2 aliphatic rings. The van der Waals surface area contributed by atoms with Crippen molar-refractivity contribution in [3.05, 3.63) is 0 Å². The summed E-state index contributed by atoms with van der Waals surface area (Å²) >= 11 is 0. The Labute approximate surface area is 94.5 Å². The highest BCUT2D eigenvalue weighted by Gasteiger charge is 2.27. The Morgan fingerprint density at radius 3 is 2.56 bits per heavy atom. The number of amides is 2. The first-order chi connectivity index (χ1) is 7.66. The van der Waals surface area contributed by atoms with Crippen molar-refractivity contribution in [2.45, 2.75) is 44.6 Å². The molecule has 5 heteroatoms. The fourth-order valence-electron chi connectivity index (χ4n) is 2.31. The lowest BCUT2D eigenvalue weighted by molar-refractivity contribution is -0.133. The van der Waals surface area contributed by atoms with E-state index in [1.54, 1.807) is 0 Å². The summed E-state index contributed by atoms with van der Waals surface area (Å²) < 4.78 is 0. The summed E-state index contributed by atoms with van der Waals surface area (Å²) in [7, 11) is 0. The van der Waals surface area contributed by atoms with Crippen molar-refractivity contribution in [1.82, 2.24) is 5.32 Å². The van der Waals surface area contributed by atoms with E-state index in [1.807, 2.05) is 0 Å². The van der Waals surface area contributed by atoms with Crippen LogP contribution >= 0.6 is 0 Å². The molecule has 0 bridgehead atoms. The van der Waals surface area contributed by atoms with Gasteiger partial charge in [0.1, 0.15) is 6.04 Å². The zero-order valence-electron chi connectivity index (χ0n) is 9.24. The normalized spacial score (nSPS) is 28.2. The molecule has 0 aromatic carbocycles. The fourth-order valence-corrected chi connectivity index (χ4v) is 2.31. The van der Waals surface area contributed by atoms with Gasteiger partial charge in [0.2, 0.25) is 5.91 Å². The van der Waals surface area contributed by atoms with Crippen LogP contribution in [0, 0.1) is 5.92 Å². The number of rotatable bonds is 2. The summed E-state index contributed by atoms with van der Waals surface area (Å²) in [4.78, 5) is 26.7. The van der Waals surface area contributed by atoms with Crippen LogP contribution in [0.2, 0.25) is 0 Å². The second kappa shape index (κ2) is 4.63. The molecule has 0 aromatic rings. The summed E-state index contributed by atoms with van der Waals surface area (Å²) in [6.07, 6.45) is 5.37. The van der Waals surface area contributed by atoms with Gasteiger partial charge in [-0.05, 0) is 19.3 Å². The van der Waals surface area contributed by atoms with Gasteiger partial charge in [-0.2, -0.15) is 0 Å². The van der Waals surface area contributed by atoms with Crippen LogP contribution < -0.4 is 11.1 Å². The first-order valence-corrected chi connectivity index (χ1v) is 5.83. The van der Waals surface area contributed by atoms with Crippen molar-refractivity contribution >= 4 is 17.6 Å². The average molecular weight is 223 g/mol. The van der Waals surface area contributed by atoms with Gasteiger partial charge in [0.05, 0.1) is 5.84 Å². The van der Waals surface area contributed by atoms with Gasteiger partial charge < -0.3 is 5.73 Å². The molecule has 1 saturated heterocycles. The summed E-state index contributed by atoms with van der Waals surface area (Å²) in [5.41, 5.74) is 5.89. The predicted molar refractivity (Wildman–Crippen MR) is 59.8 cm³/mol. The first-order valence-electron chi connectivity index (χ1n) is 5.83. The van der Waals surface area contributed by atoms with Crippen molar-refractivity contribution in [1.29, 1.82) is 0 Å². The van der Waals surface area contributed by atoms with E-state index in [2.05, 4.69) is 10.3 Å². The van der Waals surface area contributed by atoms with Gasteiger partial charge in [-0.1, -0.05) is 12.8 Å². The summed E-state index contributed by atoms with van der Waals surface area (Å²) in [5, 5.41) is 2.28. The number of carbonyl (C=O) groups is 2. The number of nitrogens with two attached hydrogens (primary N) is 1. The second-order valence-electron chi connectivity index (χ2n) is 4.50. The van der Waals surface area contributed by atoms with Crippen LogP contribution in [-0.4, -0.2) is 23.7 Å². The monoisotopic (exact) mass is 223 g/mol. The molecule has 1 saturated carbocycles. The highest BCUT2D eigenvalue weighted by atomic mass is 16.2. The molecule has 1 heterocycles. The smallest absolute Gasteiger partial charge is 0.251 e. The zero-order chi connectivity index (χ0) is 11.5. The van der Waals surface area contributed by atoms with Gasteiger partial charge in [0.15, 0.2) is 0 Å². The number of carbonyl (C=O) groups excluding carboxylic acids is 2. The summed E-state index contributed by atoms with van der Waals surface area (Å²) in [6.45, 7) is 0. The Morgan fingerprint density at radius 2 is 1.94 bits per heavy atom. The molecule has 1 atom stereocenters. The molecular formula is C11H17N3O2. The summed E-state index contributed by atoms with van der Waals surface area (Å²) in [6, 6.07) is -0.460. The van der Waals surface area contributed by atoms with Gasteiger partial charge in [-0.3, -0.25) is 19.9 Å². The molecular weight excluding hydrogens is 206 g/mol. The van der Waals surface area contributed by atoms with E-state index in [9.17, 15) is 9.59 Å². The van der Waals surface area contributed by atoms with Gasteiger partial charge >= 0.3 is 0 Å². The second-order valence-corrected chi connectivity index (χ2v) is 4.50. The maximum atomic E-state index is 11.5. The molecule has 1 unspecified atom stereocenters. The largest absolute Gasteiger partial charge is 0.387 e. The van der Waals surface area contributed by atoms with Crippen molar-refractivity contribution in [3.8, 4) is 0 Å². The van der Waals surface area contributed by atoms with Gasteiger partial charge in [0.25, 0.3) is 5.91 Å². The molecule has 1 aliphatic heterocycles. The van der Waals surface area contributed by atoms with E-state index in [0.717, 1.165) is 12.8 Å². The topological polar surface area (TPSA) is 84.5 Å². The van der Waals surface area contributed by atoms with Crippen LogP contribution in [0.1, 0.15) is 38.5 Å².